The first-order valence-electron chi connectivity index (χ1n) is 6.49. The molecule has 1 aliphatic rings. The molecule has 1 aromatic rings. The van der Waals surface area contributed by atoms with Gasteiger partial charge in [0.15, 0.2) is 11.6 Å². The fourth-order valence-electron chi connectivity index (χ4n) is 2.00. The second kappa shape index (κ2) is 6.70. The fraction of sp³-hybridized carbons (Fsp3) is 0.667. The molecule has 106 valence electrons. The van der Waals surface area contributed by atoms with E-state index in [2.05, 4.69) is 27.1 Å². The van der Waals surface area contributed by atoms with Crippen molar-refractivity contribution in [3.63, 3.8) is 0 Å². The molecular formula is C12H20N4O2S. The van der Waals surface area contributed by atoms with Gasteiger partial charge in [-0.3, -0.25) is 4.21 Å². The van der Waals surface area contributed by atoms with Gasteiger partial charge in [-0.25, -0.2) is 9.97 Å². The summed E-state index contributed by atoms with van der Waals surface area (Å²) in [5.74, 6) is 3.55. The van der Waals surface area contributed by atoms with Crippen LogP contribution in [0, 0.1) is 0 Å². The van der Waals surface area contributed by atoms with E-state index in [4.69, 9.17) is 4.74 Å². The molecule has 0 spiro atoms. The Morgan fingerprint density at radius 3 is 2.79 bits per heavy atom. The van der Waals surface area contributed by atoms with Gasteiger partial charge in [-0.05, 0) is 6.42 Å². The largest absolute Gasteiger partial charge is 0.490 e. The predicted octanol–water partition coefficient (Wildman–Crippen LogP) is 0.876. The van der Waals surface area contributed by atoms with Gasteiger partial charge < -0.3 is 15.0 Å². The van der Waals surface area contributed by atoms with Crippen LogP contribution in [0.15, 0.2) is 6.33 Å². The van der Waals surface area contributed by atoms with Gasteiger partial charge in [0.25, 0.3) is 0 Å². The molecule has 0 saturated carbocycles. The van der Waals surface area contributed by atoms with E-state index in [1.54, 1.807) is 13.4 Å². The van der Waals surface area contributed by atoms with E-state index in [1.807, 2.05) is 0 Å². The van der Waals surface area contributed by atoms with Crippen molar-refractivity contribution in [3.8, 4) is 5.75 Å². The van der Waals surface area contributed by atoms with Crippen LogP contribution in [0.4, 0.5) is 11.6 Å². The Morgan fingerprint density at radius 1 is 1.42 bits per heavy atom. The van der Waals surface area contributed by atoms with E-state index in [-0.39, 0.29) is 0 Å². The molecule has 0 bridgehead atoms. The van der Waals surface area contributed by atoms with E-state index in [0.717, 1.165) is 37.7 Å². The summed E-state index contributed by atoms with van der Waals surface area (Å²) in [5.41, 5.74) is 0. The molecule has 1 N–H and O–H groups in total. The minimum Gasteiger partial charge on any atom is -0.490 e. The van der Waals surface area contributed by atoms with Gasteiger partial charge in [0.05, 0.1) is 7.11 Å². The molecule has 0 aromatic carbocycles. The standard InChI is InChI=1S/C12H20N4O2S/c1-3-4-13-11-10(18-2)12(15-9-14-11)16-5-7-19(17)8-6-16/h9H,3-8H2,1-2H3,(H,13,14,15). The highest BCUT2D eigenvalue weighted by molar-refractivity contribution is 7.85. The Bertz CT molecular complexity index is 445. The Hall–Kier alpha value is -1.37. The van der Waals surface area contributed by atoms with Gasteiger partial charge in [-0.2, -0.15) is 0 Å². The molecule has 0 atom stereocenters. The van der Waals surface area contributed by atoms with Crippen molar-refractivity contribution in [2.45, 2.75) is 13.3 Å². The molecule has 1 fully saturated rings. The van der Waals surface area contributed by atoms with Crippen molar-refractivity contribution in [1.82, 2.24) is 9.97 Å². The number of hydrogen-bond donors (Lipinski definition) is 1. The monoisotopic (exact) mass is 284 g/mol. The summed E-state index contributed by atoms with van der Waals surface area (Å²) in [5, 5.41) is 3.24. The first-order chi connectivity index (χ1) is 9.26. The number of aromatic nitrogens is 2. The molecule has 6 nitrogen and oxygen atoms in total. The summed E-state index contributed by atoms with van der Waals surface area (Å²) in [7, 11) is 0.931. The molecule has 0 amide bonds. The van der Waals surface area contributed by atoms with E-state index in [1.165, 1.54) is 0 Å². The van der Waals surface area contributed by atoms with Crippen LogP contribution in [0.3, 0.4) is 0 Å². The summed E-state index contributed by atoms with van der Waals surface area (Å²) >= 11 is 0. The van der Waals surface area contributed by atoms with Crippen LogP contribution in [0.2, 0.25) is 0 Å². The summed E-state index contributed by atoms with van der Waals surface area (Å²) in [4.78, 5) is 10.7. The minimum absolute atomic E-state index is 0.670. The second-order valence-electron chi connectivity index (χ2n) is 4.34. The van der Waals surface area contributed by atoms with Crippen molar-refractivity contribution in [2.24, 2.45) is 0 Å². The van der Waals surface area contributed by atoms with Crippen LogP contribution in [-0.4, -0.2) is 52.4 Å². The van der Waals surface area contributed by atoms with Crippen molar-refractivity contribution in [2.75, 3.05) is 48.5 Å². The average Bonchev–Trinajstić information content (AvgIpc) is 2.45. The quantitative estimate of drug-likeness (QED) is 0.865. The third-order valence-electron chi connectivity index (χ3n) is 3.01. The van der Waals surface area contributed by atoms with Crippen molar-refractivity contribution < 1.29 is 8.95 Å². The smallest absolute Gasteiger partial charge is 0.204 e. The number of methoxy groups -OCH3 is 1. The molecule has 1 aliphatic heterocycles. The summed E-state index contributed by atoms with van der Waals surface area (Å²) in [6, 6.07) is 0. The van der Waals surface area contributed by atoms with Crippen molar-refractivity contribution in [1.29, 1.82) is 0 Å². The van der Waals surface area contributed by atoms with Crippen molar-refractivity contribution >= 4 is 22.4 Å². The summed E-state index contributed by atoms with van der Waals surface area (Å²) < 4.78 is 16.9. The third kappa shape index (κ3) is 3.34. The lowest BCUT2D eigenvalue weighted by molar-refractivity contribution is 0.412. The van der Waals surface area contributed by atoms with E-state index in [0.29, 0.717) is 17.3 Å². The Balaban J connectivity index is 2.21. The molecule has 1 aromatic heterocycles. The summed E-state index contributed by atoms with van der Waals surface area (Å²) in [6.07, 6.45) is 2.56. The molecule has 19 heavy (non-hydrogen) atoms. The zero-order valence-electron chi connectivity index (χ0n) is 11.4. The third-order valence-corrected chi connectivity index (χ3v) is 4.28. The topological polar surface area (TPSA) is 67.4 Å². The number of anilines is 2. The Labute approximate surface area is 116 Å². The van der Waals surface area contributed by atoms with E-state index >= 15 is 0 Å². The molecule has 2 heterocycles. The van der Waals surface area contributed by atoms with Crippen LogP contribution in [-0.2, 0) is 10.8 Å². The molecule has 0 radical (unpaired) electrons. The summed E-state index contributed by atoms with van der Waals surface area (Å²) in [6.45, 7) is 4.43. The zero-order valence-corrected chi connectivity index (χ0v) is 12.2. The number of rotatable bonds is 5. The van der Waals surface area contributed by atoms with Crippen LogP contribution in [0.5, 0.6) is 5.75 Å². The first kappa shape index (κ1) is 14.0. The van der Waals surface area contributed by atoms with Gasteiger partial charge in [0, 0.05) is 41.9 Å². The van der Waals surface area contributed by atoms with Gasteiger partial charge in [-0.1, -0.05) is 6.92 Å². The van der Waals surface area contributed by atoms with Crippen LogP contribution in [0.25, 0.3) is 0 Å². The molecule has 2 rings (SSSR count). The lowest BCUT2D eigenvalue weighted by atomic mass is 10.3. The maximum absolute atomic E-state index is 11.4. The second-order valence-corrected chi connectivity index (χ2v) is 6.04. The minimum atomic E-state index is -0.695. The Kier molecular flexibility index (Phi) is 4.95. The van der Waals surface area contributed by atoms with E-state index < -0.39 is 10.8 Å². The zero-order chi connectivity index (χ0) is 13.7. The highest BCUT2D eigenvalue weighted by Gasteiger charge is 2.22. The normalized spacial score (nSPS) is 16.4. The molecule has 1 saturated heterocycles. The highest BCUT2D eigenvalue weighted by Crippen LogP contribution is 2.32. The van der Waals surface area contributed by atoms with Gasteiger partial charge in [-0.15, -0.1) is 0 Å². The maximum atomic E-state index is 11.4. The van der Waals surface area contributed by atoms with Gasteiger partial charge >= 0.3 is 0 Å². The number of ether oxygens (including phenoxy) is 1. The molecular weight excluding hydrogens is 264 g/mol. The lowest BCUT2D eigenvalue weighted by Gasteiger charge is -2.28. The van der Waals surface area contributed by atoms with E-state index in [9.17, 15) is 4.21 Å². The fourth-order valence-corrected chi connectivity index (χ4v) is 3.05. The highest BCUT2D eigenvalue weighted by atomic mass is 32.2. The van der Waals surface area contributed by atoms with Crippen LogP contribution >= 0.6 is 0 Å². The van der Waals surface area contributed by atoms with Crippen LogP contribution < -0.4 is 15.0 Å². The number of nitrogens with one attached hydrogen (secondary N) is 1. The Morgan fingerprint density at radius 2 is 2.16 bits per heavy atom. The predicted molar refractivity (Wildman–Crippen MR) is 77.5 cm³/mol. The molecule has 0 aliphatic carbocycles. The van der Waals surface area contributed by atoms with Crippen LogP contribution in [0.1, 0.15) is 13.3 Å². The average molecular weight is 284 g/mol. The number of hydrogen-bond acceptors (Lipinski definition) is 6. The molecule has 0 unspecified atom stereocenters. The molecule has 7 heteroatoms. The lowest BCUT2D eigenvalue weighted by Crippen LogP contribution is -2.38. The maximum Gasteiger partial charge on any atom is 0.204 e. The SMILES string of the molecule is CCCNc1ncnc(N2CCS(=O)CC2)c1OC. The van der Waals surface area contributed by atoms with Crippen molar-refractivity contribution in [3.05, 3.63) is 6.33 Å². The van der Waals surface area contributed by atoms with Gasteiger partial charge in [0.1, 0.15) is 6.33 Å². The number of nitrogens with zero attached hydrogens (tertiary/aromatic N) is 3. The first-order valence-corrected chi connectivity index (χ1v) is 7.97. The van der Waals surface area contributed by atoms with Gasteiger partial charge in [0.2, 0.25) is 5.75 Å².